The van der Waals surface area contributed by atoms with Crippen molar-refractivity contribution >= 4 is 5.91 Å². The van der Waals surface area contributed by atoms with Crippen molar-refractivity contribution in [3.63, 3.8) is 0 Å². The molecule has 0 aliphatic heterocycles. The number of hydrogen-bond donors (Lipinski definition) is 1. The molecule has 0 radical (unpaired) electrons. The molecule has 33 heavy (non-hydrogen) atoms. The molecule has 4 rings (SSSR count). The van der Waals surface area contributed by atoms with Crippen molar-refractivity contribution in [2.75, 3.05) is 7.11 Å². The van der Waals surface area contributed by atoms with Gasteiger partial charge in [0.2, 0.25) is 5.91 Å². The zero-order valence-corrected chi connectivity index (χ0v) is 18.1. The maximum absolute atomic E-state index is 13.8. The molecule has 4 aromatic rings. The lowest BCUT2D eigenvalue weighted by Gasteiger charge is -2.07. The number of nitrogens with one attached hydrogen (secondary N) is 1. The fourth-order valence-electron chi connectivity index (χ4n) is 3.50. The number of aryl methyl sites for hydroxylation is 1. The van der Waals surface area contributed by atoms with E-state index in [1.54, 1.807) is 36.1 Å². The highest BCUT2D eigenvalue weighted by molar-refractivity contribution is 5.76. The van der Waals surface area contributed by atoms with Gasteiger partial charge in [-0.1, -0.05) is 30.3 Å². The van der Waals surface area contributed by atoms with Crippen LogP contribution >= 0.6 is 0 Å². The molecular weight excluding hydrogens is 424 g/mol. The molecule has 5 nitrogen and oxygen atoms in total. The van der Waals surface area contributed by atoms with Gasteiger partial charge < -0.3 is 10.1 Å². The fourth-order valence-corrected chi connectivity index (χ4v) is 3.50. The van der Waals surface area contributed by atoms with Gasteiger partial charge in [0.1, 0.15) is 17.4 Å². The van der Waals surface area contributed by atoms with Gasteiger partial charge in [0, 0.05) is 24.7 Å². The van der Waals surface area contributed by atoms with Crippen LogP contribution in [0.1, 0.15) is 17.5 Å². The van der Waals surface area contributed by atoms with Crippen molar-refractivity contribution in [3.05, 3.63) is 102 Å². The number of benzene rings is 3. The van der Waals surface area contributed by atoms with Gasteiger partial charge in [-0.25, -0.2) is 13.5 Å². The van der Waals surface area contributed by atoms with E-state index >= 15 is 0 Å². The van der Waals surface area contributed by atoms with E-state index < -0.39 is 0 Å². The highest BCUT2D eigenvalue weighted by atomic mass is 19.1. The van der Waals surface area contributed by atoms with Crippen molar-refractivity contribution in [1.82, 2.24) is 15.1 Å². The quantitative estimate of drug-likeness (QED) is 0.410. The van der Waals surface area contributed by atoms with Crippen molar-refractivity contribution in [2.45, 2.75) is 19.4 Å². The minimum Gasteiger partial charge on any atom is -0.497 e. The second-order valence-corrected chi connectivity index (χ2v) is 7.56. The first-order valence-electron chi connectivity index (χ1n) is 10.5. The number of nitrogens with zero attached hydrogens (tertiary/aromatic N) is 2. The van der Waals surface area contributed by atoms with Gasteiger partial charge in [0.15, 0.2) is 0 Å². The predicted molar refractivity (Wildman–Crippen MR) is 122 cm³/mol. The fraction of sp³-hybridized carbons (Fsp3) is 0.154. The van der Waals surface area contributed by atoms with E-state index in [0.717, 1.165) is 16.7 Å². The number of ether oxygens (including phenoxy) is 1. The standard InChI is InChI=1S/C26H23F2N3O2/c1-33-24-7-2-4-19(14-24)26-20(17-31(30-26)23-6-3-5-22(28)15-23)10-13-25(32)29-16-18-8-11-21(27)12-9-18/h2-9,11-12,14-15,17H,10,13,16H2,1H3,(H,29,32). The minimum atomic E-state index is -0.354. The molecule has 0 fully saturated rings. The molecule has 0 unspecified atom stereocenters. The van der Waals surface area contributed by atoms with Crippen LogP contribution in [-0.4, -0.2) is 22.8 Å². The summed E-state index contributed by atoms with van der Waals surface area (Å²) in [6.07, 6.45) is 2.50. The van der Waals surface area contributed by atoms with Gasteiger partial charge in [-0.2, -0.15) is 5.10 Å². The molecule has 1 heterocycles. The summed E-state index contributed by atoms with van der Waals surface area (Å²) in [4.78, 5) is 12.4. The Labute approximate surface area is 190 Å². The number of rotatable bonds is 8. The van der Waals surface area contributed by atoms with Gasteiger partial charge in [-0.15, -0.1) is 0 Å². The van der Waals surface area contributed by atoms with Gasteiger partial charge in [-0.05, 0) is 60.0 Å². The van der Waals surface area contributed by atoms with Crippen LogP contribution in [0.3, 0.4) is 0 Å². The molecule has 1 aromatic heterocycles. The van der Waals surface area contributed by atoms with E-state index in [4.69, 9.17) is 4.74 Å². The number of carbonyl (C=O) groups is 1. The molecule has 3 aromatic carbocycles. The molecular formula is C26H23F2N3O2. The zero-order valence-electron chi connectivity index (χ0n) is 18.1. The summed E-state index contributed by atoms with van der Waals surface area (Å²) in [5, 5.41) is 7.53. The Bertz CT molecular complexity index is 1250. The SMILES string of the molecule is COc1cccc(-c2nn(-c3cccc(F)c3)cc2CCC(=O)NCc2ccc(F)cc2)c1. The monoisotopic (exact) mass is 447 g/mol. The molecule has 1 amide bonds. The van der Waals surface area contributed by atoms with Crippen LogP contribution in [0.2, 0.25) is 0 Å². The molecule has 0 bridgehead atoms. The molecule has 168 valence electrons. The summed E-state index contributed by atoms with van der Waals surface area (Å²) in [6.45, 7) is 0.324. The van der Waals surface area contributed by atoms with E-state index in [1.165, 1.54) is 24.3 Å². The average Bonchev–Trinajstić information content (AvgIpc) is 3.27. The first kappa shape index (κ1) is 22.2. The molecule has 7 heteroatoms. The Morgan fingerprint density at radius 1 is 1.00 bits per heavy atom. The topological polar surface area (TPSA) is 56.2 Å². The highest BCUT2D eigenvalue weighted by Gasteiger charge is 2.15. The first-order chi connectivity index (χ1) is 16.0. The summed E-state index contributed by atoms with van der Waals surface area (Å²) >= 11 is 0. The molecule has 0 aliphatic rings. The predicted octanol–water partition coefficient (Wildman–Crippen LogP) is 5.08. The Hall–Kier alpha value is -4.00. The Balaban J connectivity index is 1.53. The zero-order chi connectivity index (χ0) is 23.2. The number of hydrogen-bond acceptors (Lipinski definition) is 3. The minimum absolute atomic E-state index is 0.130. The second kappa shape index (κ2) is 10.1. The molecule has 1 N–H and O–H groups in total. The smallest absolute Gasteiger partial charge is 0.220 e. The van der Waals surface area contributed by atoms with Crippen LogP contribution in [-0.2, 0) is 17.8 Å². The molecule has 0 saturated heterocycles. The lowest BCUT2D eigenvalue weighted by Crippen LogP contribution is -2.23. The number of carbonyl (C=O) groups excluding carboxylic acids is 1. The van der Waals surface area contributed by atoms with Gasteiger partial charge in [-0.3, -0.25) is 4.79 Å². The van der Waals surface area contributed by atoms with Crippen molar-refractivity contribution in [2.24, 2.45) is 0 Å². The van der Waals surface area contributed by atoms with Crippen LogP contribution in [0.15, 0.2) is 79.0 Å². The van der Waals surface area contributed by atoms with Gasteiger partial charge >= 0.3 is 0 Å². The Morgan fingerprint density at radius 2 is 1.79 bits per heavy atom. The van der Waals surface area contributed by atoms with Crippen LogP contribution in [0.5, 0.6) is 5.75 Å². The van der Waals surface area contributed by atoms with Crippen LogP contribution in [0, 0.1) is 11.6 Å². The summed E-state index contributed by atoms with van der Waals surface area (Å²) in [7, 11) is 1.59. The van der Waals surface area contributed by atoms with Crippen LogP contribution < -0.4 is 10.1 Å². The molecule has 0 spiro atoms. The Morgan fingerprint density at radius 3 is 2.55 bits per heavy atom. The maximum Gasteiger partial charge on any atom is 0.220 e. The third kappa shape index (κ3) is 5.63. The highest BCUT2D eigenvalue weighted by Crippen LogP contribution is 2.28. The van der Waals surface area contributed by atoms with Crippen molar-refractivity contribution in [1.29, 1.82) is 0 Å². The summed E-state index contributed by atoms with van der Waals surface area (Å²) < 4.78 is 33.7. The normalized spacial score (nSPS) is 10.8. The summed E-state index contributed by atoms with van der Waals surface area (Å²) in [5.74, 6) is -0.108. The number of halogens is 2. The van der Waals surface area contributed by atoms with E-state index in [9.17, 15) is 13.6 Å². The van der Waals surface area contributed by atoms with Crippen LogP contribution in [0.25, 0.3) is 16.9 Å². The number of methoxy groups -OCH3 is 1. The molecule has 0 saturated carbocycles. The second-order valence-electron chi connectivity index (χ2n) is 7.56. The lowest BCUT2D eigenvalue weighted by molar-refractivity contribution is -0.121. The van der Waals surface area contributed by atoms with Crippen LogP contribution in [0.4, 0.5) is 8.78 Å². The van der Waals surface area contributed by atoms with E-state index in [2.05, 4.69) is 10.4 Å². The largest absolute Gasteiger partial charge is 0.497 e. The first-order valence-corrected chi connectivity index (χ1v) is 10.5. The molecule has 0 aliphatic carbocycles. The van der Waals surface area contributed by atoms with E-state index in [0.29, 0.717) is 30.1 Å². The summed E-state index contributed by atoms with van der Waals surface area (Å²) in [6, 6.07) is 19.7. The third-order valence-electron chi connectivity index (χ3n) is 5.23. The van der Waals surface area contributed by atoms with E-state index in [-0.39, 0.29) is 24.0 Å². The Kier molecular flexibility index (Phi) is 6.78. The average molecular weight is 447 g/mol. The van der Waals surface area contributed by atoms with Gasteiger partial charge in [0.25, 0.3) is 0 Å². The third-order valence-corrected chi connectivity index (χ3v) is 5.23. The molecule has 0 atom stereocenters. The summed E-state index contributed by atoms with van der Waals surface area (Å²) in [5.41, 5.74) is 3.80. The maximum atomic E-state index is 13.8. The number of amides is 1. The lowest BCUT2D eigenvalue weighted by atomic mass is 10.0. The van der Waals surface area contributed by atoms with Crippen molar-refractivity contribution < 1.29 is 18.3 Å². The van der Waals surface area contributed by atoms with E-state index in [1.807, 2.05) is 30.5 Å². The van der Waals surface area contributed by atoms with Crippen molar-refractivity contribution in [3.8, 4) is 22.7 Å². The van der Waals surface area contributed by atoms with Gasteiger partial charge in [0.05, 0.1) is 18.5 Å². The number of aromatic nitrogens is 2.